The average Bonchev–Trinajstić information content (AvgIpc) is 2.36. The number of hydrogen-bond acceptors (Lipinski definition) is 3. The zero-order valence-corrected chi connectivity index (χ0v) is 8.21. The Kier molecular flexibility index (Phi) is 3.46. The van der Waals surface area contributed by atoms with E-state index in [9.17, 15) is 9.59 Å². The molecule has 1 aliphatic rings. The summed E-state index contributed by atoms with van der Waals surface area (Å²) < 4.78 is 4.81. The van der Waals surface area contributed by atoms with Crippen LogP contribution in [0.1, 0.15) is 33.1 Å². The second kappa shape index (κ2) is 4.40. The Morgan fingerprint density at radius 2 is 2.31 bits per heavy atom. The van der Waals surface area contributed by atoms with E-state index in [1.165, 1.54) is 0 Å². The standard InChI is InChI=1S/C10H16O3/c1-3-13-10(12)6-8-7(2)4-5-9(8)11/h7-8H,3-6H2,1-2H3. The van der Waals surface area contributed by atoms with Crippen LogP contribution in [0, 0.1) is 11.8 Å². The minimum Gasteiger partial charge on any atom is -0.466 e. The molecule has 0 heterocycles. The highest BCUT2D eigenvalue weighted by Gasteiger charge is 2.33. The van der Waals surface area contributed by atoms with Gasteiger partial charge in [-0.15, -0.1) is 0 Å². The summed E-state index contributed by atoms with van der Waals surface area (Å²) in [6, 6.07) is 0. The van der Waals surface area contributed by atoms with Gasteiger partial charge in [0.1, 0.15) is 5.78 Å². The van der Waals surface area contributed by atoms with Crippen LogP contribution in [-0.2, 0) is 14.3 Å². The van der Waals surface area contributed by atoms with Crippen molar-refractivity contribution in [2.45, 2.75) is 33.1 Å². The van der Waals surface area contributed by atoms with E-state index in [0.717, 1.165) is 6.42 Å². The summed E-state index contributed by atoms with van der Waals surface area (Å²) in [6.45, 7) is 4.20. The molecular formula is C10H16O3. The zero-order valence-electron chi connectivity index (χ0n) is 8.21. The van der Waals surface area contributed by atoms with Gasteiger partial charge in [0.15, 0.2) is 0 Å². The number of carbonyl (C=O) groups is 2. The molecule has 0 aromatic carbocycles. The zero-order chi connectivity index (χ0) is 9.84. The molecule has 0 aromatic heterocycles. The molecule has 1 aliphatic carbocycles. The lowest BCUT2D eigenvalue weighted by Gasteiger charge is -2.12. The Bertz CT molecular complexity index is 210. The van der Waals surface area contributed by atoms with Gasteiger partial charge in [0.25, 0.3) is 0 Å². The van der Waals surface area contributed by atoms with Crippen LogP contribution in [0.25, 0.3) is 0 Å². The van der Waals surface area contributed by atoms with Gasteiger partial charge < -0.3 is 4.74 Å². The van der Waals surface area contributed by atoms with Gasteiger partial charge in [-0.05, 0) is 19.3 Å². The van der Waals surface area contributed by atoms with Gasteiger partial charge in [0.05, 0.1) is 13.0 Å². The Labute approximate surface area is 78.5 Å². The van der Waals surface area contributed by atoms with Gasteiger partial charge >= 0.3 is 5.97 Å². The van der Waals surface area contributed by atoms with Crippen molar-refractivity contribution in [3.8, 4) is 0 Å². The van der Waals surface area contributed by atoms with E-state index in [-0.39, 0.29) is 24.1 Å². The van der Waals surface area contributed by atoms with E-state index in [1.54, 1.807) is 6.92 Å². The van der Waals surface area contributed by atoms with Gasteiger partial charge in [-0.25, -0.2) is 0 Å². The number of ketones is 1. The summed E-state index contributed by atoms with van der Waals surface area (Å²) in [5.74, 6) is 0.242. The molecule has 0 saturated heterocycles. The van der Waals surface area contributed by atoms with Crippen LogP contribution < -0.4 is 0 Å². The third kappa shape index (κ3) is 2.54. The SMILES string of the molecule is CCOC(=O)CC1C(=O)CCC1C. The van der Waals surface area contributed by atoms with Gasteiger partial charge in [0, 0.05) is 12.3 Å². The molecule has 13 heavy (non-hydrogen) atoms. The average molecular weight is 184 g/mol. The van der Waals surface area contributed by atoms with Crippen LogP contribution in [0.3, 0.4) is 0 Å². The van der Waals surface area contributed by atoms with Gasteiger partial charge in [-0.3, -0.25) is 9.59 Å². The molecule has 0 aromatic rings. The Hall–Kier alpha value is -0.860. The van der Waals surface area contributed by atoms with Crippen LogP contribution in [0.15, 0.2) is 0 Å². The first-order chi connectivity index (χ1) is 6.15. The lowest BCUT2D eigenvalue weighted by molar-refractivity contribution is -0.146. The number of ether oxygens (including phenoxy) is 1. The first-order valence-electron chi connectivity index (χ1n) is 4.83. The van der Waals surface area contributed by atoms with Gasteiger partial charge in [0.2, 0.25) is 0 Å². The van der Waals surface area contributed by atoms with Crippen molar-refractivity contribution >= 4 is 11.8 Å². The van der Waals surface area contributed by atoms with Crippen molar-refractivity contribution in [3.05, 3.63) is 0 Å². The van der Waals surface area contributed by atoms with Crippen LogP contribution in [0.5, 0.6) is 0 Å². The summed E-state index contributed by atoms with van der Waals surface area (Å²) in [6.07, 6.45) is 1.82. The van der Waals surface area contributed by atoms with Crippen LogP contribution in [0.2, 0.25) is 0 Å². The Morgan fingerprint density at radius 3 is 2.77 bits per heavy atom. The molecule has 2 atom stereocenters. The van der Waals surface area contributed by atoms with Crippen molar-refractivity contribution in [2.75, 3.05) is 6.61 Å². The smallest absolute Gasteiger partial charge is 0.306 e. The molecule has 0 N–H and O–H groups in total. The minimum atomic E-state index is -0.241. The highest BCUT2D eigenvalue weighted by Crippen LogP contribution is 2.30. The van der Waals surface area contributed by atoms with Crippen molar-refractivity contribution < 1.29 is 14.3 Å². The minimum absolute atomic E-state index is 0.0842. The molecule has 1 fully saturated rings. The molecule has 3 heteroatoms. The lowest BCUT2D eigenvalue weighted by Crippen LogP contribution is -2.18. The summed E-state index contributed by atoms with van der Waals surface area (Å²) in [5.41, 5.74) is 0. The quantitative estimate of drug-likeness (QED) is 0.625. The molecule has 0 bridgehead atoms. The first-order valence-corrected chi connectivity index (χ1v) is 4.83. The Morgan fingerprint density at radius 1 is 1.62 bits per heavy atom. The summed E-state index contributed by atoms with van der Waals surface area (Å²) in [5, 5.41) is 0. The number of Topliss-reactive ketones (excluding diaryl/α,β-unsaturated/α-hetero) is 1. The molecule has 0 amide bonds. The molecule has 0 spiro atoms. The molecule has 74 valence electrons. The van der Waals surface area contributed by atoms with Crippen molar-refractivity contribution in [2.24, 2.45) is 11.8 Å². The molecule has 1 rings (SSSR count). The molecule has 3 nitrogen and oxygen atoms in total. The fraction of sp³-hybridized carbons (Fsp3) is 0.800. The lowest BCUT2D eigenvalue weighted by atomic mass is 9.94. The van der Waals surface area contributed by atoms with Crippen LogP contribution in [-0.4, -0.2) is 18.4 Å². The van der Waals surface area contributed by atoms with E-state index in [2.05, 4.69) is 0 Å². The second-order valence-electron chi connectivity index (χ2n) is 3.60. The van der Waals surface area contributed by atoms with E-state index in [1.807, 2.05) is 6.92 Å². The second-order valence-corrected chi connectivity index (χ2v) is 3.60. The predicted molar refractivity (Wildman–Crippen MR) is 48.1 cm³/mol. The largest absolute Gasteiger partial charge is 0.466 e. The highest BCUT2D eigenvalue weighted by atomic mass is 16.5. The summed E-state index contributed by atoms with van der Waals surface area (Å²) in [4.78, 5) is 22.4. The maximum absolute atomic E-state index is 11.3. The van der Waals surface area contributed by atoms with Crippen molar-refractivity contribution in [1.29, 1.82) is 0 Å². The predicted octanol–water partition coefficient (Wildman–Crippen LogP) is 1.55. The van der Waals surface area contributed by atoms with E-state index in [4.69, 9.17) is 4.74 Å². The molecule has 0 aliphatic heterocycles. The topological polar surface area (TPSA) is 43.4 Å². The molecule has 1 saturated carbocycles. The van der Waals surface area contributed by atoms with Crippen molar-refractivity contribution in [1.82, 2.24) is 0 Å². The maximum atomic E-state index is 11.3. The normalized spacial score (nSPS) is 27.7. The number of hydrogen-bond donors (Lipinski definition) is 0. The molecule has 2 unspecified atom stereocenters. The third-order valence-electron chi connectivity index (χ3n) is 2.64. The molecule has 0 radical (unpaired) electrons. The fourth-order valence-electron chi connectivity index (χ4n) is 1.79. The fourth-order valence-corrected chi connectivity index (χ4v) is 1.79. The van der Waals surface area contributed by atoms with Crippen LogP contribution in [0.4, 0.5) is 0 Å². The number of rotatable bonds is 3. The van der Waals surface area contributed by atoms with Crippen molar-refractivity contribution in [3.63, 3.8) is 0 Å². The van der Waals surface area contributed by atoms with E-state index < -0.39 is 0 Å². The maximum Gasteiger partial charge on any atom is 0.306 e. The monoisotopic (exact) mass is 184 g/mol. The number of esters is 1. The summed E-state index contributed by atoms with van der Waals surface area (Å²) >= 11 is 0. The number of carbonyl (C=O) groups excluding carboxylic acids is 2. The third-order valence-corrected chi connectivity index (χ3v) is 2.64. The van der Waals surface area contributed by atoms with E-state index in [0.29, 0.717) is 18.9 Å². The molecular weight excluding hydrogens is 168 g/mol. The van der Waals surface area contributed by atoms with Gasteiger partial charge in [-0.1, -0.05) is 6.92 Å². The summed E-state index contributed by atoms with van der Waals surface area (Å²) in [7, 11) is 0. The highest BCUT2D eigenvalue weighted by molar-refractivity contribution is 5.87. The first kappa shape index (κ1) is 10.2. The van der Waals surface area contributed by atoms with E-state index >= 15 is 0 Å². The van der Waals surface area contributed by atoms with Crippen LogP contribution >= 0.6 is 0 Å². The van der Waals surface area contributed by atoms with Gasteiger partial charge in [-0.2, -0.15) is 0 Å². The Balaban J connectivity index is 2.43.